The van der Waals surface area contributed by atoms with E-state index in [1.807, 2.05) is 6.92 Å². The van der Waals surface area contributed by atoms with Gasteiger partial charge in [-0.25, -0.2) is 0 Å². The highest BCUT2D eigenvalue weighted by molar-refractivity contribution is 6.12. The van der Waals surface area contributed by atoms with Crippen molar-refractivity contribution >= 4 is 7.85 Å². The van der Waals surface area contributed by atoms with Gasteiger partial charge in [-0.3, -0.25) is 0 Å². The maximum Gasteiger partial charge on any atom is 0.0827 e. The molecule has 0 bridgehead atoms. The number of ether oxygens (including phenoxy) is 1. The lowest BCUT2D eigenvalue weighted by molar-refractivity contribution is 0.0431. The zero-order valence-corrected chi connectivity index (χ0v) is 5.58. The summed E-state index contributed by atoms with van der Waals surface area (Å²) in [6, 6.07) is 0. The minimum Gasteiger partial charge on any atom is -0.394 e. The maximum absolute atomic E-state index is 8.67. The highest BCUT2D eigenvalue weighted by Gasteiger charge is 2.29. The molecular weight excluding hydrogens is 115 g/mol. The molecule has 0 saturated carbocycles. The Morgan fingerprint density at radius 3 is 2.67 bits per heavy atom. The van der Waals surface area contributed by atoms with E-state index < -0.39 is 0 Å². The third-order valence-corrected chi connectivity index (χ3v) is 1.94. The Morgan fingerprint density at radius 1 is 1.78 bits per heavy atom. The minimum atomic E-state index is -0.0278. The predicted octanol–water partition coefficient (Wildman–Crippen LogP) is -0.0294. The van der Waals surface area contributed by atoms with Crippen LogP contribution in [-0.4, -0.2) is 32.3 Å². The van der Waals surface area contributed by atoms with Gasteiger partial charge in [0.25, 0.3) is 0 Å². The molecule has 2 radical (unpaired) electrons. The van der Waals surface area contributed by atoms with Crippen LogP contribution in [0.15, 0.2) is 0 Å². The van der Waals surface area contributed by atoms with Crippen LogP contribution in [0.2, 0.25) is 5.82 Å². The van der Waals surface area contributed by atoms with E-state index >= 15 is 0 Å². The number of rotatable bonds is 1. The molecule has 1 rings (SSSR count). The second kappa shape index (κ2) is 2.71. The van der Waals surface area contributed by atoms with Crippen LogP contribution >= 0.6 is 0 Å². The molecule has 1 N–H and O–H groups in total. The van der Waals surface area contributed by atoms with Crippen molar-refractivity contribution in [1.82, 2.24) is 0 Å². The van der Waals surface area contributed by atoms with Crippen molar-refractivity contribution in [3.05, 3.63) is 0 Å². The van der Waals surface area contributed by atoms with Gasteiger partial charge in [0, 0.05) is 6.61 Å². The fourth-order valence-corrected chi connectivity index (χ4v) is 1.03. The molecule has 2 nitrogen and oxygen atoms in total. The summed E-state index contributed by atoms with van der Waals surface area (Å²) in [6.45, 7) is 2.68. The lowest BCUT2D eigenvalue weighted by Gasteiger charge is -2.12. The molecule has 9 heavy (non-hydrogen) atoms. The van der Waals surface area contributed by atoms with Gasteiger partial charge in [-0.1, -0.05) is 6.92 Å². The van der Waals surface area contributed by atoms with Crippen molar-refractivity contribution < 1.29 is 9.84 Å². The topological polar surface area (TPSA) is 29.5 Å². The molecule has 0 aromatic rings. The summed E-state index contributed by atoms with van der Waals surface area (Å²) < 4.78 is 5.15. The molecule has 3 heteroatoms. The van der Waals surface area contributed by atoms with E-state index in [0.717, 1.165) is 0 Å². The van der Waals surface area contributed by atoms with E-state index in [-0.39, 0.29) is 18.5 Å². The number of aliphatic hydroxyl groups excluding tert-OH is 1. The van der Waals surface area contributed by atoms with Gasteiger partial charge in [-0.15, -0.1) is 0 Å². The van der Waals surface area contributed by atoms with Gasteiger partial charge in [-0.2, -0.15) is 0 Å². The second-order valence-corrected chi connectivity index (χ2v) is 2.58. The molecule has 0 aromatic carbocycles. The lowest BCUT2D eigenvalue weighted by Crippen LogP contribution is -2.19. The van der Waals surface area contributed by atoms with Crippen LogP contribution in [0.5, 0.6) is 0 Å². The van der Waals surface area contributed by atoms with Crippen molar-refractivity contribution in [1.29, 1.82) is 0 Å². The zero-order valence-electron chi connectivity index (χ0n) is 5.58. The largest absolute Gasteiger partial charge is 0.394 e. The average Bonchev–Trinajstić information content (AvgIpc) is 2.15. The predicted molar refractivity (Wildman–Crippen MR) is 35.5 cm³/mol. The summed E-state index contributed by atoms with van der Waals surface area (Å²) in [5, 5.41) is 8.67. The van der Waals surface area contributed by atoms with Crippen molar-refractivity contribution in [2.24, 2.45) is 5.92 Å². The van der Waals surface area contributed by atoms with Gasteiger partial charge in [0.2, 0.25) is 0 Å². The molecule has 0 aromatic heterocycles. The van der Waals surface area contributed by atoms with E-state index in [0.29, 0.717) is 12.5 Å². The highest BCUT2D eigenvalue weighted by atomic mass is 16.5. The SMILES string of the molecule is [B][C@@H]1CO[C@H](CO)[C@H]1C. The van der Waals surface area contributed by atoms with Gasteiger partial charge in [0.05, 0.1) is 20.6 Å². The highest BCUT2D eigenvalue weighted by Crippen LogP contribution is 2.27. The summed E-state index contributed by atoms with van der Waals surface area (Å²) in [6.07, 6.45) is -0.0278. The lowest BCUT2D eigenvalue weighted by atomic mass is 9.78. The monoisotopic (exact) mass is 126 g/mol. The van der Waals surface area contributed by atoms with Crippen LogP contribution in [0.25, 0.3) is 0 Å². The fraction of sp³-hybridized carbons (Fsp3) is 1.00. The Balaban J connectivity index is 2.41. The first-order valence-corrected chi connectivity index (χ1v) is 3.23. The standard InChI is InChI=1S/C6H11BO2/c1-4-5(7)3-9-6(4)2-8/h4-6,8H,2-3H2,1H3/t4-,5+,6+/m0/s1. The molecule has 0 unspecified atom stereocenters. The molecule has 0 amide bonds. The Bertz CT molecular complexity index is 97.1. The summed E-state index contributed by atoms with van der Waals surface area (Å²) in [7, 11) is 5.61. The van der Waals surface area contributed by atoms with Crippen molar-refractivity contribution in [2.45, 2.75) is 18.8 Å². The minimum absolute atomic E-state index is 0.0278. The molecule has 1 fully saturated rings. The summed E-state index contributed by atoms with van der Waals surface area (Å²) in [5.41, 5.74) is 0. The smallest absolute Gasteiger partial charge is 0.0827 e. The number of hydrogen-bond acceptors (Lipinski definition) is 2. The van der Waals surface area contributed by atoms with Crippen LogP contribution in [0.1, 0.15) is 6.92 Å². The second-order valence-electron chi connectivity index (χ2n) is 2.58. The Labute approximate surface area is 56.6 Å². The summed E-state index contributed by atoms with van der Waals surface area (Å²) in [5.74, 6) is 0.414. The first-order chi connectivity index (χ1) is 4.25. The molecule has 50 valence electrons. The average molecular weight is 126 g/mol. The van der Waals surface area contributed by atoms with Gasteiger partial charge in [0.1, 0.15) is 0 Å². The first-order valence-electron chi connectivity index (χ1n) is 3.23. The van der Waals surface area contributed by atoms with Crippen LogP contribution in [0.3, 0.4) is 0 Å². The van der Waals surface area contributed by atoms with Gasteiger partial charge >= 0.3 is 0 Å². The van der Waals surface area contributed by atoms with E-state index in [1.165, 1.54) is 0 Å². The maximum atomic E-state index is 8.67. The van der Waals surface area contributed by atoms with Crippen LogP contribution in [-0.2, 0) is 4.74 Å². The third kappa shape index (κ3) is 1.27. The summed E-state index contributed by atoms with van der Waals surface area (Å²) >= 11 is 0. The molecule has 1 aliphatic heterocycles. The molecular formula is C6H11BO2. The van der Waals surface area contributed by atoms with Crippen molar-refractivity contribution in [3.8, 4) is 0 Å². The van der Waals surface area contributed by atoms with Gasteiger partial charge < -0.3 is 9.84 Å². The molecule has 0 spiro atoms. The van der Waals surface area contributed by atoms with Gasteiger partial charge in [-0.05, 0) is 11.7 Å². The van der Waals surface area contributed by atoms with Crippen molar-refractivity contribution in [3.63, 3.8) is 0 Å². The van der Waals surface area contributed by atoms with E-state index in [1.54, 1.807) is 0 Å². The third-order valence-electron chi connectivity index (χ3n) is 1.94. The first kappa shape index (κ1) is 7.10. The van der Waals surface area contributed by atoms with Crippen LogP contribution in [0, 0.1) is 5.92 Å². The molecule has 1 saturated heterocycles. The Morgan fingerprint density at radius 2 is 2.44 bits per heavy atom. The molecule has 1 aliphatic rings. The van der Waals surface area contributed by atoms with E-state index in [4.69, 9.17) is 17.7 Å². The number of aliphatic hydroxyl groups is 1. The Kier molecular flexibility index (Phi) is 2.14. The quantitative estimate of drug-likeness (QED) is 0.500. The summed E-state index contributed by atoms with van der Waals surface area (Å²) in [4.78, 5) is 0. The van der Waals surface area contributed by atoms with Crippen LogP contribution in [0.4, 0.5) is 0 Å². The van der Waals surface area contributed by atoms with E-state index in [9.17, 15) is 0 Å². The zero-order chi connectivity index (χ0) is 6.85. The number of hydrogen-bond donors (Lipinski definition) is 1. The fourth-order valence-electron chi connectivity index (χ4n) is 1.03. The molecule has 3 atom stereocenters. The normalized spacial score (nSPS) is 43.6. The van der Waals surface area contributed by atoms with Crippen molar-refractivity contribution in [2.75, 3.05) is 13.2 Å². The Hall–Kier alpha value is -0.0151. The molecule has 1 heterocycles. The van der Waals surface area contributed by atoms with Crippen LogP contribution < -0.4 is 0 Å². The molecule has 0 aliphatic carbocycles. The van der Waals surface area contributed by atoms with Gasteiger partial charge in [0.15, 0.2) is 0 Å². The van der Waals surface area contributed by atoms with E-state index in [2.05, 4.69) is 0 Å².